The Balaban J connectivity index is 2.19. The van der Waals surface area contributed by atoms with Gasteiger partial charge in [-0.3, -0.25) is 4.79 Å². The van der Waals surface area contributed by atoms with Gasteiger partial charge < -0.3 is 29.6 Å². The number of benzene rings is 1. The molecule has 1 aliphatic rings. The van der Waals surface area contributed by atoms with Crippen LogP contribution in [-0.4, -0.2) is 61.6 Å². The van der Waals surface area contributed by atoms with E-state index in [2.05, 4.69) is 15.3 Å². The van der Waals surface area contributed by atoms with Crippen molar-refractivity contribution in [1.82, 2.24) is 10.2 Å². The van der Waals surface area contributed by atoms with Crippen molar-refractivity contribution in [3.8, 4) is 11.5 Å². The van der Waals surface area contributed by atoms with Crippen molar-refractivity contribution in [2.24, 2.45) is 5.16 Å². The number of carboxylic acid groups (broad SMARTS) is 1. The predicted octanol–water partition coefficient (Wildman–Crippen LogP) is 0.683. The number of carbonyl (C=O) groups excluding carboxylic acids is 1. The molecule has 0 aromatic heterocycles. The van der Waals surface area contributed by atoms with Crippen LogP contribution in [0.2, 0.25) is 0 Å². The molecule has 9 heteroatoms. The molecule has 1 heterocycles. The third-order valence-corrected chi connectivity index (χ3v) is 3.68. The van der Waals surface area contributed by atoms with Crippen LogP contribution in [0.3, 0.4) is 0 Å². The van der Waals surface area contributed by atoms with E-state index in [9.17, 15) is 9.59 Å². The number of β-lactam (4-membered cyclic amide) rings is 1. The first-order valence-electron chi connectivity index (χ1n) is 7.09. The number of amides is 2. The fourth-order valence-corrected chi connectivity index (χ4v) is 2.49. The summed E-state index contributed by atoms with van der Waals surface area (Å²) in [5, 5.41) is 14.7. The molecule has 1 aliphatic heterocycles. The standard InChI is InChI=1S/C15H19N3O6/c1-22-10-5-4-9(12(6-10)23-2)8-18-11(7-16-24-3)13(14(18)19)17-15(20)21/h4-7,11,13,17H,8H2,1-3H3,(H,20,21)/t11-,13+/m1/s1. The molecule has 0 aliphatic carbocycles. The molecule has 0 radical (unpaired) electrons. The smallest absolute Gasteiger partial charge is 0.405 e. The number of ether oxygens (including phenoxy) is 2. The lowest BCUT2D eigenvalue weighted by Gasteiger charge is -2.44. The Morgan fingerprint density at radius 1 is 1.38 bits per heavy atom. The lowest BCUT2D eigenvalue weighted by atomic mass is 9.95. The maximum atomic E-state index is 12.2. The highest BCUT2D eigenvalue weighted by Crippen LogP contribution is 2.29. The number of hydrogen-bond acceptors (Lipinski definition) is 6. The van der Waals surface area contributed by atoms with Gasteiger partial charge in [0, 0.05) is 11.6 Å². The molecule has 2 amide bonds. The second-order valence-electron chi connectivity index (χ2n) is 5.00. The molecular formula is C15H19N3O6. The first-order valence-corrected chi connectivity index (χ1v) is 7.09. The lowest BCUT2D eigenvalue weighted by molar-refractivity contribution is -0.147. The summed E-state index contributed by atoms with van der Waals surface area (Å²) in [5.41, 5.74) is 0.760. The van der Waals surface area contributed by atoms with Crippen molar-refractivity contribution in [1.29, 1.82) is 0 Å². The average molecular weight is 337 g/mol. The zero-order chi connectivity index (χ0) is 17.7. The van der Waals surface area contributed by atoms with E-state index in [-0.39, 0.29) is 12.5 Å². The zero-order valence-corrected chi connectivity index (χ0v) is 13.6. The van der Waals surface area contributed by atoms with Crippen LogP contribution >= 0.6 is 0 Å². The van der Waals surface area contributed by atoms with Crippen molar-refractivity contribution in [2.45, 2.75) is 18.6 Å². The van der Waals surface area contributed by atoms with Gasteiger partial charge in [0.2, 0.25) is 5.91 Å². The highest BCUT2D eigenvalue weighted by atomic mass is 16.6. The Bertz CT molecular complexity index is 648. The maximum Gasteiger partial charge on any atom is 0.405 e. The topological polar surface area (TPSA) is 110 Å². The van der Waals surface area contributed by atoms with Gasteiger partial charge in [-0.25, -0.2) is 4.79 Å². The Hall–Kier alpha value is -2.97. The van der Waals surface area contributed by atoms with Crippen molar-refractivity contribution >= 4 is 18.2 Å². The van der Waals surface area contributed by atoms with E-state index in [1.54, 1.807) is 25.3 Å². The molecular weight excluding hydrogens is 318 g/mol. The molecule has 0 unspecified atom stereocenters. The Kier molecular flexibility index (Phi) is 5.46. The number of likely N-dealkylation sites (tertiary alicyclic amines) is 1. The number of hydrogen-bond donors (Lipinski definition) is 2. The quantitative estimate of drug-likeness (QED) is 0.430. The van der Waals surface area contributed by atoms with E-state index in [1.165, 1.54) is 25.3 Å². The molecule has 0 saturated carbocycles. The Labute approximate surface area is 138 Å². The Morgan fingerprint density at radius 2 is 2.12 bits per heavy atom. The zero-order valence-electron chi connectivity index (χ0n) is 13.6. The molecule has 1 fully saturated rings. The van der Waals surface area contributed by atoms with Gasteiger partial charge in [-0.15, -0.1) is 0 Å². The van der Waals surface area contributed by atoms with Crippen LogP contribution in [0.5, 0.6) is 11.5 Å². The molecule has 0 bridgehead atoms. The summed E-state index contributed by atoms with van der Waals surface area (Å²) in [7, 11) is 4.44. The fraction of sp³-hybridized carbons (Fsp3) is 0.400. The number of oxime groups is 1. The second-order valence-corrected chi connectivity index (χ2v) is 5.00. The minimum Gasteiger partial charge on any atom is -0.497 e. The van der Waals surface area contributed by atoms with Crippen molar-refractivity contribution in [3.05, 3.63) is 23.8 Å². The van der Waals surface area contributed by atoms with Gasteiger partial charge in [0.1, 0.15) is 30.7 Å². The van der Waals surface area contributed by atoms with E-state index in [1.807, 2.05) is 0 Å². The summed E-state index contributed by atoms with van der Waals surface area (Å²) >= 11 is 0. The summed E-state index contributed by atoms with van der Waals surface area (Å²) in [6.45, 7) is 0.240. The van der Waals surface area contributed by atoms with Crippen LogP contribution in [-0.2, 0) is 16.2 Å². The van der Waals surface area contributed by atoms with Gasteiger partial charge in [-0.05, 0) is 12.1 Å². The van der Waals surface area contributed by atoms with Gasteiger partial charge in [-0.1, -0.05) is 5.16 Å². The van der Waals surface area contributed by atoms with E-state index in [0.717, 1.165) is 5.56 Å². The summed E-state index contributed by atoms with van der Waals surface area (Å²) in [4.78, 5) is 29.1. The van der Waals surface area contributed by atoms with Gasteiger partial charge in [0.05, 0.1) is 27.0 Å². The molecule has 1 saturated heterocycles. The Morgan fingerprint density at radius 3 is 2.71 bits per heavy atom. The normalized spacial score (nSPS) is 19.8. The molecule has 9 nitrogen and oxygen atoms in total. The average Bonchev–Trinajstić information content (AvgIpc) is 2.59. The molecule has 2 N–H and O–H groups in total. The fourth-order valence-electron chi connectivity index (χ4n) is 2.49. The minimum absolute atomic E-state index is 0.240. The third-order valence-electron chi connectivity index (χ3n) is 3.68. The minimum atomic E-state index is -1.27. The maximum absolute atomic E-state index is 12.2. The van der Waals surface area contributed by atoms with Crippen LogP contribution in [0, 0.1) is 0 Å². The second kappa shape index (κ2) is 7.53. The number of methoxy groups -OCH3 is 2. The summed E-state index contributed by atoms with van der Waals surface area (Å²) in [6.07, 6.45) is 0.115. The molecule has 1 aromatic carbocycles. The van der Waals surface area contributed by atoms with Gasteiger partial charge in [0.15, 0.2) is 0 Å². The van der Waals surface area contributed by atoms with E-state index >= 15 is 0 Å². The highest BCUT2D eigenvalue weighted by Gasteiger charge is 2.47. The van der Waals surface area contributed by atoms with Crippen LogP contribution in [0.15, 0.2) is 23.4 Å². The van der Waals surface area contributed by atoms with Crippen LogP contribution in [0.25, 0.3) is 0 Å². The largest absolute Gasteiger partial charge is 0.497 e. The summed E-state index contributed by atoms with van der Waals surface area (Å²) in [6, 6.07) is 3.83. The molecule has 24 heavy (non-hydrogen) atoms. The molecule has 0 spiro atoms. The number of carbonyl (C=O) groups is 2. The van der Waals surface area contributed by atoms with Crippen molar-refractivity contribution in [2.75, 3.05) is 21.3 Å². The summed E-state index contributed by atoms with van der Waals surface area (Å²) < 4.78 is 10.5. The van der Waals surface area contributed by atoms with Gasteiger partial charge in [0.25, 0.3) is 0 Å². The lowest BCUT2D eigenvalue weighted by Crippen LogP contribution is -2.70. The van der Waals surface area contributed by atoms with Crippen LogP contribution in [0.1, 0.15) is 5.56 Å². The first-order chi connectivity index (χ1) is 11.5. The molecule has 1 aromatic rings. The monoisotopic (exact) mass is 337 g/mol. The molecule has 2 rings (SSSR count). The molecule has 2 atom stereocenters. The van der Waals surface area contributed by atoms with E-state index in [0.29, 0.717) is 11.5 Å². The van der Waals surface area contributed by atoms with E-state index < -0.39 is 18.2 Å². The molecule has 130 valence electrons. The van der Waals surface area contributed by atoms with Gasteiger partial charge >= 0.3 is 6.09 Å². The van der Waals surface area contributed by atoms with Gasteiger partial charge in [-0.2, -0.15) is 0 Å². The highest BCUT2D eigenvalue weighted by molar-refractivity contribution is 5.98. The van der Waals surface area contributed by atoms with Crippen molar-refractivity contribution < 1.29 is 29.0 Å². The number of nitrogens with one attached hydrogen (secondary N) is 1. The van der Waals surface area contributed by atoms with Crippen LogP contribution in [0.4, 0.5) is 4.79 Å². The first kappa shape index (κ1) is 17.4. The number of rotatable bonds is 7. The van der Waals surface area contributed by atoms with Crippen molar-refractivity contribution in [3.63, 3.8) is 0 Å². The number of nitrogens with zero attached hydrogens (tertiary/aromatic N) is 2. The van der Waals surface area contributed by atoms with E-state index in [4.69, 9.17) is 14.6 Å². The SMILES string of the molecule is CON=C[C@@H]1[C@H](NC(=O)O)C(=O)N1Cc1ccc(OC)cc1OC. The predicted molar refractivity (Wildman–Crippen MR) is 84.3 cm³/mol. The van der Waals surface area contributed by atoms with Crippen LogP contribution < -0.4 is 14.8 Å². The third kappa shape index (κ3) is 3.50. The summed E-state index contributed by atoms with van der Waals surface area (Å²) in [5.74, 6) is 0.857.